The summed E-state index contributed by atoms with van der Waals surface area (Å²) in [7, 11) is 1.46. The van der Waals surface area contributed by atoms with Gasteiger partial charge in [-0.3, -0.25) is 9.59 Å². The zero-order chi connectivity index (χ0) is 22.6. The molecule has 4 nitrogen and oxygen atoms in total. The Morgan fingerprint density at radius 3 is 1.55 bits per heavy atom. The van der Waals surface area contributed by atoms with E-state index in [0.29, 0.717) is 12.0 Å². The highest BCUT2D eigenvalue weighted by atomic mass is 16.5. The molecule has 176 valence electrons. The van der Waals surface area contributed by atoms with Crippen LogP contribution in [0.3, 0.4) is 0 Å². The third-order valence-corrected chi connectivity index (χ3v) is 6.09. The van der Waals surface area contributed by atoms with Crippen molar-refractivity contribution in [3.63, 3.8) is 0 Å². The van der Waals surface area contributed by atoms with Crippen LogP contribution in [0.2, 0.25) is 0 Å². The number of rotatable bonds is 20. The molecule has 1 aromatic carbocycles. The molecule has 31 heavy (non-hydrogen) atoms. The highest BCUT2D eigenvalue weighted by Crippen LogP contribution is 2.16. The van der Waals surface area contributed by atoms with Crippen LogP contribution in [0.5, 0.6) is 0 Å². The van der Waals surface area contributed by atoms with Gasteiger partial charge in [-0.25, -0.2) is 0 Å². The topological polar surface area (TPSA) is 69.4 Å². The lowest BCUT2D eigenvalue weighted by atomic mass is 9.99. The lowest BCUT2D eigenvalue weighted by Gasteiger charge is -2.06. The second kappa shape index (κ2) is 18.9. The molecule has 0 aliphatic rings. The van der Waals surface area contributed by atoms with Crippen molar-refractivity contribution < 1.29 is 14.3 Å². The van der Waals surface area contributed by atoms with E-state index in [-0.39, 0.29) is 11.9 Å². The maximum absolute atomic E-state index is 11.4. The summed E-state index contributed by atoms with van der Waals surface area (Å²) in [6, 6.07) is 7.71. The van der Waals surface area contributed by atoms with Gasteiger partial charge in [0.25, 0.3) is 0 Å². The van der Waals surface area contributed by atoms with E-state index in [0.717, 1.165) is 31.2 Å². The molecular weight excluding hydrogens is 386 g/mol. The highest BCUT2D eigenvalue weighted by molar-refractivity contribution is 5.94. The van der Waals surface area contributed by atoms with Crippen molar-refractivity contribution in [1.29, 1.82) is 0 Å². The molecule has 1 aromatic rings. The Hall–Kier alpha value is -1.84. The van der Waals surface area contributed by atoms with Crippen LogP contribution in [0, 0.1) is 0 Å². The molecule has 0 saturated heterocycles. The predicted molar refractivity (Wildman–Crippen MR) is 129 cm³/mol. The number of amides is 1. The van der Waals surface area contributed by atoms with Crippen LogP contribution >= 0.6 is 0 Å². The first-order valence-electron chi connectivity index (χ1n) is 12.6. The fraction of sp³-hybridized carbons (Fsp3) is 0.704. The number of aryl methyl sites for hydroxylation is 1. The molecule has 2 N–H and O–H groups in total. The molecule has 1 rings (SSSR count). The number of carbonyl (C=O) groups is 2. The van der Waals surface area contributed by atoms with Crippen LogP contribution in [0.15, 0.2) is 24.3 Å². The number of primary amides is 1. The Labute approximate surface area is 190 Å². The average Bonchev–Trinajstić information content (AvgIpc) is 2.78. The monoisotopic (exact) mass is 431 g/mol. The zero-order valence-electron chi connectivity index (χ0n) is 19.8. The SMILES string of the molecule is COC(=O)CCCCCCCCCCCCCCCCCCc1ccccc1C(N)=O. The molecule has 0 aromatic heterocycles. The van der Waals surface area contributed by atoms with Crippen molar-refractivity contribution in [2.45, 2.75) is 116 Å². The van der Waals surface area contributed by atoms with Crippen LogP contribution < -0.4 is 5.73 Å². The zero-order valence-corrected chi connectivity index (χ0v) is 19.8. The van der Waals surface area contributed by atoms with E-state index in [1.165, 1.54) is 90.6 Å². The van der Waals surface area contributed by atoms with Crippen molar-refractivity contribution in [3.05, 3.63) is 35.4 Å². The van der Waals surface area contributed by atoms with E-state index in [4.69, 9.17) is 5.73 Å². The maximum atomic E-state index is 11.4. The van der Waals surface area contributed by atoms with Crippen LogP contribution in [0.4, 0.5) is 0 Å². The Morgan fingerprint density at radius 1 is 0.677 bits per heavy atom. The number of ether oxygens (including phenoxy) is 1. The summed E-state index contributed by atoms with van der Waals surface area (Å²) in [6.45, 7) is 0. The smallest absolute Gasteiger partial charge is 0.305 e. The van der Waals surface area contributed by atoms with Gasteiger partial charge in [0.1, 0.15) is 0 Å². The van der Waals surface area contributed by atoms with Gasteiger partial charge in [-0.1, -0.05) is 108 Å². The Balaban J connectivity index is 1.80. The Morgan fingerprint density at radius 2 is 1.10 bits per heavy atom. The first-order chi connectivity index (χ1) is 15.1. The van der Waals surface area contributed by atoms with E-state index in [2.05, 4.69) is 4.74 Å². The number of benzene rings is 1. The van der Waals surface area contributed by atoms with Gasteiger partial charge in [0, 0.05) is 12.0 Å². The van der Waals surface area contributed by atoms with Gasteiger partial charge in [-0.15, -0.1) is 0 Å². The highest BCUT2D eigenvalue weighted by Gasteiger charge is 2.06. The van der Waals surface area contributed by atoms with Crippen molar-refractivity contribution in [3.8, 4) is 0 Å². The van der Waals surface area contributed by atoms with Gasteiger partial charge >= 0.3 is 5.97 Å². The van der Waals surface area contributed by atoms with Crippen LogP contribution in [-0.2, 0) is 16.0 Å². The minimum absolute atomic E-state index is 0.0803. The van der Waals surface area contributed by atoms with Crippen molar-refractivity contribution in [1.82, 2.24) is 0 Å². The van der Waals surface area contributed by atoms with Crippen LogP contribution in [-0.4, -0.2) is 19.0 Å². The first-order valence-corrected chi connectivity index (χ1v) is 12.6. The molecule has 0 radical (unpaired) electrons. The number of nitrogens with two attached hydrogens (primary N) is 1. The molecule has 0 aliphatic carbocycles. The van der Waals surface area contributed by atoms with Gasteiger partial charge in [-0.2, -0.15) is 0 Å². The summed E-state index contributed by atoms with van der Waals surface area (Å²) in [5.41, 5.74) is 7.21. The second-order valence-corrected chi connectivity index (χ2v) is 8.75. The van der Waals surface area contributed by atoms with E-state index >= 15 is 0 Å². The average molecular weight is 432 g/mol. The number of unbranched alkanes of at least 4 members (excludes halogenated alkanes) is 15. The van der Waals surface area contributed by atoms with E-state index in [1.807, 2.05) is 24.3 Å². The van der Waals surface area contributed by atoms with Crippen LogP contribution in [0.25, 0.3) is 0 Å². The van der Waals surface area contributed by atoms with Gasteiger partial charge in [0.05, 0.1) is 7.11 Å². The Kier molecular flexibility index (Phi) is 16.6. The summed E-state index contributed by atoms with van der Waals surface area (Å²) in [5, 5.41) is 0. The molecular formula is C27H45NO3. The molecule has 0 heterocycles. The van der Waals surface area contributed by atoms with Crippen LogP contribution in [0.1, 0.15) is 125 Å². The number of hydrogen-bond acceptors (Lipinski definition) is 3. The lowest BCUT2D eigenvalue weighted by Crippen LogP contribution is -2.13. The van der Waals surface area contributed by atoms with Gasteiger partial charge < -0.3 is 10.5 Å². The summed E-state index contributed by atoms with van der Waals surface area (Å²) >= 11 is 0. The summed E-state index contributed by atoms with van der Waals surface area (Å²) < 4.78 is 4.65. The molecule has 0 fully saturated rings. The van der Waals surface area contributed by atoms with E-state index < -0.39 is 0 Å². The summed E-state index contributed by atoms with van der Waals surface area (Å²) in [5.74, 6) is -0.397. The first kappa shape index (κ1) is 27.2. The quantitative estimate of drug-likeness (QED) is 0.176. The summed E-state index contributed by atoms with van der Waals surface area (Å²) in [4.78, 5) is 22.5. The third kappa shape index (κ3) is 14.7. The fourth-order valence-electron chi connectivity index (χ4n) is 4.14. The van der Waals surface area contributed by atoms with Gasteiger partial charge in [-0.05, 0) is 30.9 Å². The van der Waals surface area contributed by atoms with Crippen molar-refractivity contribution >= 4 is 11.9 Å². The molecule has 0 bridgehead atoms. The number of esters is 1. The van der Waals surface area contributed by atoms with Gasteiger partial charge in [0.2, 0.25) is 5.91 Å². The number of hydrogen-bond donors (Lipinski definition) is 1. The van der Waals surface area contributed by atoms with Gasteiger partial charge in [0.15, 0.2) is 0 Å². The van der Waals surface area contributed by atoms with Crippen molar-refractivity contribution in [2.24, 2.45) is 5.73 Å². The molecule has 0 unspecified atom stereocenters. The molecule has 4 heteroatoms. The minimum atomic E-state index is -0.317. The third-order valence-electron chi connectivity index (χ3n) is 6.09. The predicted octanol–water partition coefficient (Wildman–Crippen LogP) is 7.13. The molecule has 0 atom stereocenters. The normalized spacial score (nSPS) is 10.9. The second-order valence-electron chi connectivity index (χ2n) is 8.75. The molecule has 0 aliphatic heterocycles. The number of methoxy groups -OCH3 is 1. The fourth-order valence-corrected chi connectivity index (χ4v) is 4.14. The van der Waals surface area contributed by atoms with E-state index in [1.54, 1.807) is 0 Å². The Bertz CT molecular complexity index is 600. The number of carbonyl (C=O) groups excluding carboxylic acids is 2. The largest absolute Gasteiger partial charge is 0.469 e. The summed E-state index contributed by atoms with van der Waals surface area (Å²) in [6.07, 6.45) is 22.1. The minimum Gasteiger partial charge on any atom is -0.469 e. The molecule has 1 amide bonds. The molecule has 0 spiro atoms. The van der Waals surface area contributed by atoms with Crippen molar-refractivity contribution in [2.75, 3.05) is 7.11 Å². The lowest BCUT2D eigenvalue weighted by molar-refractivity contribution is -0.140. The standard InChI is InChI=1S/C27H45NO3/c1-31-26(29)23-17-15-13-11-9-7-5-3-2-4-6-8-10-12-14-16-20-24-21-18-19-22-25(24)27(28)30/h18-19,21-22H,2-17,20,23H2,1H3,(H2,28,30). The molecule has 0 saturated carbocycles. The maximum Gasteiger partial charge on any atom is 0.305 e. The van der Waals surface area contributed by atoms with E-state index in [9.17, 15) is 9.59 Å².